The number of carbonyl (C=O) groups is 3. The smallest absolute Gasteiger partial charge is 0.365 e. The largest absolute Gasteiger partial charge is 0.416 e. The molecule has 0 aliphatic carbocycles. The second-order valence-electron chi connectivity index (χ2n) is 8.32. The third kappa shape index (κ3) is 5.61. The second kappa shape index (κ2) is 11.2. The number of alkyl halides is 3. The minimum atomic E-state index is -4.88. The van der Waals surface area contributed by atoms with Gasteiger partial charge in [0.05, 0.1) is 27.4 Å². The van der Waals surface area contributed by atoms with Crippen LogP contribution in [0.2, 0.25) is 5.02 Å². The molecule has 3 N–H and O–H groups in total. The maximum absolute atomic E-state index is 14.1. The van der Waals surface area contributed by atoms with Crippen LogP contribution < -0.4 is 16.0 Å². The Morgan fingerprint density at radius 3 is 2.48 bits per heavy atom. The van der Waals surface area contributed by atoms with Crippen LogP contribution in [0.25, 0.3) is 10.2 Å². The first-order valence-electron chi connectivity index (χ1n) is 11.4. The molecule has 1 aliphatic heterocycles. The van der Waals surface area contributed by atoms with Gasteiger partial charge >= 0.3 is 6.18 Å². The quantitative estimate of drug-likeness (QED) is 0.183. The fraction of sp³-hybridized carbons (Fsp3) is 0.154. The van der Waals surface area contributed by atoms with Crippen molar-refractivity contribution in [1.29, 1.82) is 0 Å². The summed E-state index contributed by atoms with van der Waals surface area (Å²) in [5.74, 6) is -3.49. The van der Waals surface area contributed by atoms with Crippen molar-refractivity contribution in [2.45, 2.75) is 19.1 Å². The predicted molar refractivity (Wildman–Crippen MR) is 141 cm³/mol. The molecule has 14 heteroatoms. The van der Waals surface area contributed by atoms with Gasteiger partial charge in [0.15, 0.2) is 5.13 Å². The van der Waals surface area contributed by atoms with E-state index in [2.05, 4.69) is 20.9 Å². The van der Waals surface area contributed by atoms with Gasteiger partial charge in [0.1, 0.15) is 17.9 Å². The number of carbonyl (C=O) groups excluding carboxylic acids is 3. The molecule has 7 nitrogen and oxygen atoms in total. The van der Waals surface area contributed by atoms with Gasteiger partial charge in [-0.15, -0.1) is 0 Å². The number of thiazole rings is 1. The summed E-state index contributed by atoms with van der Waals surface area (Å²) < 4.78 is 68.1. The van der Waals surface area contributed by atoms with Gasteiger partial charge in [0, 0.05) is 34.4 Å². The highest BCUT2D eigenvalue weighted by Crippen LogP contribution is 2.44. The Balaban J connectivity index is 0.00000118. The Labute approximate surface area is 232 Å². The number of nitrogens with zero attached hydrogens (tertiary/aromatic N) is 1. The van der Waals surface area contributed by atoms with Crippen LogP contribution in [0.5, 0.6) is 0 Å². The molecule has 1 aromatic heterocycles. The van der Waals surface area contributed by atoms with Crippen LogP contribution in [0.1, 0.15) is 50.4 Å². The number of hydrogen-bond acceptors (Lipinski definition) is 6. The van der Waals surface area contributed by atoms with Crippen LogP contribution in [-0.2, 0) is 11.0 Å². The van der Waals surface area contributed by atoms with E-state index in [9.17, 15) is 31.5 Å². The van der Waals surface area contributed by atoms with Crippen molar-refractivity contribution in [3.63, 3.8) is 0 Å². The lowest BCUT2D eigenvalue weighted by molar-refractivity contribution is -0.137. The van der Waals surface area contributed by atoms with Crippen molar-refractivity contribution < 1.29 is 36.3 Å². The number of amides is 2. The Kier molecular flexibility index (Phi) is 8.08. The third-order valence-electron chi connectivity index (χ3n) is 5.73. The lowest BCUT2D eigenvalue weighted by Crippen LogP contribution is -2.21. The van der Waals surface area contributed by atoms with Crippen LogP contribution >= 0.6 is 22.9 Å². The summed E-state index contributed by atoms with van der Waals surface area (Å²) in [5.41, 5.74) is -1.09. The van der Waals surface area contributed by atoms with E-state index < -0.39 is 46.8 Å². The van der Waals surface area contributed by atoms with Crippen LogP contribution in [0.15, 0.2) is 42.5 Å². The zero-order valence-electron chi connectivity index (χ0n) is 20.5. The van der Waals surface area contributed by atoms with Crippen LogP contribution in [0, 0.1) is 11.6 Å². The zero-order valence-corrected chi connectivity index (χ0v) is 22.1. The molecule has 2 amide bonds. The lowest BCUT2D eigenvalue weighted by Gasteiger charge is -2.18. The first-order chi connectivity index (χ1) is 18.9. The fourth-order valence-electron chi connectivity index (χ4n) is 4.14. The van der Waals surface area contributed by atoms with Gasteiger partial charge in [-0.2, -0.15) is 13.2 Å². The number of halogens is 6. The molecule has 3 aromatic carbocycles. The van der Waals surface area contributed by atoms with Gasteiger partial charge in [0.25, 0.3) is 11.8 Å². The molecule has 1 atom stereocenters. The van der Waals surface area contributed by atoms with E-state index >= 15 is 0 Å². The minimum Gasteiger partial charge on any atom is -0.365 e. The summed E-state index contributed by atoms with van der Waals surface area (Å²) in [5, 5.41) is 8.66. The molecule has 0 radical (unpaired) electrons. The van der Waals surface area contributed by atoms with Gasteiger partial charge < -0.3 is 20.7 Å². The van der Waals surface area contributed by atoms with Crippen molar-refractivity contribution in [1.82, 2.24) is 10.3 Å². The van der Waals surface area contributed by atoms with Crippen molar-refractivity contribution in [3.05, 3.63) is 86.9 Å². The molecular formula is C26H18ClF5N4O3S. The van der Waals surface area contributed by atoms with Crippen LogP contribution in [0.3, 0.4) is 0 Å². The molecule has 1 aliphatic rings. The molecule has 5 rings (SSSR count). The van der Waals surface area contributed by atoms with Gasteiger partial charge in [0.2, 0.25) is 0 Å². The van der Waals surface area contributed by atoms with Crippen molar-refractivity contribution in [2.24, 2.45) is 0 Å². The maximum atomic E-state index is 14.1. The Hall–Kier alpha value is -4.10. The SMILES string of the molecule is CC=O.CNc1nc2c3c(c(NC(=O)c4cc(F)cc(C(F)(F)F)c4)cc2s1)C(c1cc(F)ccc1Cl)NC3=O. The summed E-state index contributed by atoms with van der Waals surface area (Å²) in [6.07, 6.45) is -4.13. The standard InChI is InChI=1S/C24H14ClF5N4O2S.C2H4O/c1-31-23-34-20-16(37-23)8-15(32-21(35)9-4-10(24(28,29)30)6-12(27)5-9)17-18(20)22(36)33-19(17)13-7-11(26)2-3-14(13)25;1-2-3/h2-8,19H,1H3,(H,31,34)(H,32,35)(H,33,36);2H,1H3. The number of anilines is 2. The molecule has 1 unspecified atom stereocenters. The molecule has 208 valence electrons. The summed E-state index contributed by atoms with van der Waals surface area (Å²) in [4.78, 5) is 39.3. The molecule has 2 heterocycles. The molecule has 0 saturated carbocycles. The highest BCUT2D eigenvalue weighted by atomic mass is 35.5. The van der Waals surface area contributed by atoms with Gasteiger partial charge in [-0.3, -0.25) is 9.59 Å². The first kappa shape index (κ1) is 28.9. The van der Waals surface area contributed by atoms with E-state index in [4.69, 9.17) is 16.4 Å². The number of aldehydes is 1. The normalized spacial score (nSPS) is 14.2. The van der Waals surface area contributed by atoms with E-state index in [1.807, 2.05) is 0 Å². The van der Waals surface area contributed by atoms with E-state index in [1.165, 1.54) is 19.1 Å². The molecule has 0 fully saturated rings. The van der Waals surface area contributed by atoms with E-state index in [0.717, 1.165) is 29.8 Å². The highest BCUT2D eigenvalue weighted by molar-refractivity contribution is 7.22. The predicted octanol–water partition coefficient (Wildman–Crippen LogP) is 6.58. The Bertz CT molecular complexity index is 1660. The van der Waals surface area contributed by atoms with Gasteiger partial charge in [-0.25, -0.2) is 13.8 Å². The summed E-state index contributed by atoms with van der Waals surface area (Å²) in [7, 11) is 1.62. The number of aromatic nitrogens is 1. The van der Waals surface area contributed by atoms with Crippen molar-refractivity contribution >= 4 is 62.1 Å². The van der Waals surface area contributed by atoms with Crippen molar-refractivity contribution in [2.75, 3.05) is 17.7 Å². The monoisotopic (exact) mass is 596 g/mol. The Morgan fingerprint density at radius 1 is 1.12 bits per heavy atom. The Morgan fingerprint density at radius 2 is 1.82 bits per heavy atom. The molecule has 4 aromatic rings. The van der Waals surface area contributed by atoms with Gasteiger partial charge in [-0.1, -0.05) is 22.9 Å². The van der Waals surface area contributed by atoms with Crippen LogP contribution in [0.4, 0.5) is 32.8 Å². The minimum absolute atomic E-state index is 0.0419. The average Bonchev–Trinajstić information content (AvgIpc) is 3.45. The summed E-state index contributed by atoms with van der Waals surface area (Å²) in [6, 6.07) is 5.52. The maximum Gasteiger partial charge on any atom is 0.416 e. The summed E-state index contributed by atoms with van der Waals surface area (Å²) in [6.45, 7) is 1.44. The zero-order chi connectivity index (χ0) is 29.4. The first-order valence-corrected chi connectivity index (χ1v) is 12.6. The molecule has 0 spiro atoms. The van der Waals surface area contributed by atoms with E-state index in [1.54, 1.807) is 7.05 Å². The number of hydrogen-bond donors (Lipinski definition) is 3. The lowest BCUT2D eigenvalue weighted by atomic mass is 9.95. The van der Waals surface area contributed by atoms with Crippen molar-refractivity contribution in [3.8, 4) is 0 Å². The third-order valence-corrected chi connectivity index (χ3v) is 7.10. The summed E-state index contributed by atoms with van der Waals surface area (Å²) >= 11 is 7.45. The second-order valence-corrected chi connectivity index (χ2v) is 9.75. The number of benzene rings is 3. The topological polar surface area (TPSA) is 100 Å². The molecular weight excluding hydrogens is 579 g/mol. The molecule has 0 bridgehead atoms. The molecule has 40 heavy (non-hydrogen) atoms. The fourth-order valence-corrected chi connectivity index (χ4v) is 5.24. The number of nitrogens with one attached hydrogen (secondary N) is 3. The van der Waals surface area contributed by atoms with E-state index in [0.29, 0.717) is 27.5 Å². The van der Waals surface area contributed by atoms with Gasteiger partial charge in [-0.05, 0) is 49.4 Å². The number of fused-ring (bicyclic) bond motifs is 3. The highest BCUT2D eigenvalue weighted by Gasteiger charge is 2.37. The van der Waals surface area contributed by atoms with Crippen LogP contribution in [-0.4, -0.2) is 30.1 Å². The molecule has 0 saturated heterocycles. The van der Waals surface area contributed by atoms with E-state index in [-0.39, 0.29) is 33.5 Å². The average molecular weight is 597 g/mol. The number of rotatable bonds is 4.